The summed E-state index contributed by atoms with van der Waals surface area (Å²) in [5.74, 6) is 0. The molecule has 0 bridgehead atoms. The highest BCUT2D eigenvalue weighted by Gasteiger charge is 2.45. The lowest BCUT2D eigenvalue weighted by molar-refractivity contribution is 0.490. The van der Waals surface area contributed by atoms with Crippen LogP contribution in [0.1, 0.15) is 262 Å². The lowest BCUT2D eigenvalue weighted by Gasteiger charge is -2.31. The summed E-state index contributed by atoms with van der Waals surface area (Å²) < 4.78 is 0. The maximum atomic E-state index is 2.45. The Morgan fingerprint density at radius 2 is 0.398 bits per heavy atom. The van der Waals surface area contributed by atoms with Gasteiger partial charge < -0.3 is 0 Å². The molecule has 14 aromatic carbocycles. The van der Waals surface area contributed by atoms with E-state index in [1.807, 2.05) is 111 Å². The second-order valence-electron chi connectivity index (χ2n) is 26.6. The Labute approximate surface area is 655 Å². The molecule has 0 heterocycles. The highest BCUT2D eigenvalue weighted by atomic mass is 14.5. The van der Waals surface area contributed by atoms with Gasteiger partial charge in [-0.15, -0.1) is 0 Å². The fourth-order valence-corrected chi connectivity index (χ4v) is 18.4. The van der Waals surface area contributed by atoms with Gasteiger partial charge in [0.25, 0.3) is 0 Å². The number of hydrogen-bond acceptors (Lipinski definition) is 0. The van der Waals surface area contributed by atoms with Crippen molar-refractivity contribution in [2.24, 2.45) is 0 Å². The molecule has 108 heavy (non-hydrogen) atoms. The van der Waals surface area contributed by atoms with E-state index < -0.39 is 0 Å². The molecule has 0 saturated carbocycles. The lowest BCUT2D eigenvalue weighted by Crippen LogP contribution is -2.23. The molecule has 4 aliphatic carbocycles. The third-order valence-electron chi connectivity index (χ3n) is 23.3. The van der Waals surface area contributed by atoms with Crippen LogP contribution in [-0.4, -0.2) is 0 Å². The van der Waals surface area contributed by atoms with Crippen molar-refractivity contribution in [1.29, 1.82) is 0 Å². The Bertz CT molecular complexity index is 4850. The first-order valence-electron chi connectivity index (χ1n) is 42.6. The largest absolute Gasteiger partial charge is 0.0683 e. The van der Waals surface area contributed by atoms with Crippen LogP contribution in [0.5, 0.6) is 0 Å². The molecule has 0 heteroatoms. The number of fused-ring (bicyclic) bond motifs is 22. The van der Waals surface area contributed by atoms with E-state index in [-0.39, 0.29) is 21.7 Å². The molecule has 0 saturated heterocycles. The molecule has 0 aliphatic heterocycles. The predicted octanol–water partition coefficient (Wildman–Crippen LogP) is 34.2. The highest BCUT2D eigenvalue weighted by molar-refractivity contribution is 6.11. The summed E-state index contributed by atoms with van der Waals surface area (Å²) >= 11 is 0. The van der Waals surface area contributed by atoms with Crippen molar-refractivity contribution in [3.8, 4) is 44.5 Å². The van der Waals surface area contributed by atoms with Gasteiger partial charge in [0.15, 0.2) is 0 Å². The molecular weight excluding hydrogens is 1300 g/mol. The summed E-state index contributed by atoms with van der Waals surface area (Å²) in [5, 5.41) is 16.4. The molecule has 0 unspecified atom stereocenters. The summed E-state index contributed by atoms with van der Waals surface area (Å²) in [6.07, 6.45) is 9.17. The standard InChI is InChI=1S/3C25H22.C17H18.8C2H6/c1-3-25(4-2)23-15-19-11-7-5-9-17(19)13-21(23)22-14-18-10-6-8-12-20(18)16-24(22)25;1-3-25(4-2)21-15-13-17-9-5-7-11-19(17)23(21)24-20-12-8-6-10-18(20)14-16-22(24)25;1-3-25(4-2)23-19-11-7-5-9-17(19)13-15-21(23)22-16-14-18-10-6-8-12-20(18)24(22)25;1-3-17(4-2)15-11-7-5-9-13(15)14-10-6-8-12-16(14)17;8*1-2/h3*5-16H,3-4H2,1-2H3;5-12H,3-4H2,1-2H3;8*1-2H3. The third-order valence-corrected chi connectivity index (χ3v) is 23.3. The molecule has 0 nitrogen and oxygen atoms in total. The van der Waals surface area contributed by atoms with Crippen molar-refractivity contribution < 1.29 is 0 Å². The number of hydrogen-bond donors (Lipinski definition) is 0. The lowest BCUT2D eigenvalue weighted by atomic mass is 9.71. The van der Waals surface area contributed by atoms with E-state index in [1.165, 1.54) is 155 Å². The zero-order valence-electron chi connectivity index (χ0n) is 71.1. The van der Waals surface area contributed by atoms with E-state index in [0.717, 1.165) is 38.5 Å². The first-order valence-corrected chi connectivity index (χ1v) is 42.6. The molecule has 0 radical (unpaired) electrons. The zero-order chi connectivity index (χ0) is 78.9. The summed E-state index contributed by atoms with van der Waals surface area (Å²) in [6.45, 7) is 50.7. The van der Waals surface area contributed by atoms with Crippen LogP contribution >= 0.6 is 0 Å². The minimum absolute atomic E-state index is 0.104. The van der Waals surface area contributed by atoms with Crippen molar-refractivity contribution in [1.82, 2.24) is 0 Å². The molecule has 0 N–H and O–H groups in total. The van der Waals surface area contributed by atoms with Gasteiger partial charge in [-0.2, -0.15) is 0 Å². The minimum atomic E-state index is 0.104. The van der Waals surface area contributed by atoms with E-state index in [2.05, 4.69) is 322 Å². The van der Waals surface area contributed by atoms with Gasteiger partial charge in [0, 0.05) is 21.7 Å². The van der Waals surface area contributed by atoms with Crippen molar-refractivity contribution >= 4 is 64.6 Å². The molecule has 564 valence electrons. The summed E-state index contributed by atoms with van der Waals surface area (Å²) in [4.78, 5) is 0. The van der Waals surface area contributed by atoms with Crippen molar-refractivity contribution in [2.45, 2.75) is 239 Å². The fourth-order valence-electron chi connectivity index (χ4n) is 18.4. The van der Waals surface area contributed by atoms with Crippen LogP contribution in [0.3, 0.4) is 0 Å². The summed E-state index contributed by atoms with van der Waals surface area (Å²) in [7, 11) is 0. The quantitative estimate of drug-likeness (QED) is 0.142. The average molecular weight is 1430 g/mol. The van der Waals surface area contributed by atoms with Gasteiger partial charge in [-0.25, -0.2) is 0 Å². The average Bonchev–Trinajstić information content (AvgIpc) is 1.56. The monoisotopic (exact) mass is 1430 g/mol. The highest BCUT2D eigenvalue weighted by Crippen LogP contribution is 2.60. The molecule has 0 fully saturated rings. The first kappa shape index (κ1) is 85.9. The van der Waals surface area contributed by atoms with Crippen molar-refractivity contribution in [3.05, 3.63) is 311 Å². The van der Waals surface area contributed by atoms with Crippen molar-refractivity contribution in [3.63, 3.8) is 0 Å². The summed E-state index contributed by atoms with van der Waals surface area (Å²) in [5.41, 5.74) is 24.4. The first-order chi connectivity index (χ1) is 53.2. The van der Waals surface area contributed by atoms with Gasteiger partial charge >= 0.3 is 0 Å². The second kappa shape index (κ2) is 40.2. The van der Waals surface area contributed by atoms with Gasteiger partial charge in [-0.1, -0.05) is 409 Å². The molecule has 0 aromatic heterocycles. The van der Waals surface area contributed by atoms with Crippen LogP contribution in [0.2, 0.25) is 0 Å². The van der Waals surface area contributed by atoms with E-state index in [9.17, 15) is 0 Å². The zero-order valence-corrected chi connectivity index (χ0v) is 71.1. The Kier molecular flexibility index (Phi) is 32.0. The predicted molar refractivity (Wildman–Crippen MR) is 489 cm³/mol. The Morgan fingerprint density at radius 1 is 0.167 bits per heavy atom. The molecule has 0 spiro atoms. The Balaban J connectivity index is 0.000000190. The maximum absolute atomic E-state index is 2.45. The van der Waals surface area contributed by atoms with Gasteiger partial charge in [0.2, 0.25) is 0 Å². The summed E-state index contributed by atoms with van der Waals surface area (Å²) in [6, 6.07) is 99.1. The van der Waals surface area contributed by atoms with Crippen LogP contribution < -0.4 is 0 Å². The van der Waals surface area contributed by atoms with E-state index in [0.29, 0.717) is 0 Å². The van der Waals surface area contributed by atoms with Crippen LogP contribution in [0.4, 0.5) is 0 Å². The molecule has 14 aromatic rings. The van der Waals surface area contributed by atoms with Gasteiger partial charge in [-0.3, -0.25) is 0 Å². The Hall–Kier alpha value is -9.36. The van der Waals surface area contributed by atoms with Gasteiger partial charge in [0.1, 0.15) is 0 Å². The molecule has 0 atom stereocenters. The van der Waals surface area contributed by atoms with Gasteiger partial charge in [-0.05, 0) is 229 Å². The van der Waals surface area contributed by atoms with E-state index >= 15 is 0 Å². The normalized spacial score (nSPS) is 13.0. The second-order valence-corrected chi connectivity index (χ2v) is 26.6. The SMILES string of the molecule is CC.CC.CC.CC.CC.CC.CC.CC.CCC1(CC)c2c(ccc3ccccc23)-c2ccc3ccccc3c21.CCC1(CC)c2cc3ccccc3cc2-c2cc3ccccc3cc21.CCC1(CC)c2ccc3ccccc3c2-c2c1ccc1ccccc21.CCC1(CC)c2ccccc2-c2ccccc21. The molecule has 0 amide bonds. The van der Waals surface area contributed by atoms with E-state index in [1.54, 1.807) is 11.1 Å². The fraction of sp³-hybridized carbons (Fsp3) is 0.333. The van der Waals surface area contributed by atoms with Crippen molar-refractivity contribution in [2.75, 3.05) is 0 Å². The Morgan fingerprint density at radius 3 is 0.713 bits per heavy atom. The number of rotatable bonds is 8. The van der Waals surface area contributed by atoms with Crippen LogP contribution in [-0.2, 0) is 21.7 Å². The molecular formula is C108H132. The maximum Gasteiger partial charge on any atom is 0.0222 e. The smallest absolute Gasteiger partial charge is 0.0222 e. The third kappa shape index (κ3) is 15.0. The molecule has 18 rings (SSSR count). The number of benzene rings is 14. The topological polar surface area (TPSA) is 0 Å². The van der Waals surface area contributed by atoms with Crippen LogP contribution in [0.25, 0.3) is 109 Å². The van der Waals surface area contributed by atoms with Crippen LogP contribution in [0.15, 0.2) is 267 Å². The van der Waals surface area contributed by atoms with Gasteiger partial charge in [0.05, 0.1) is 0 Å². The minimum Gasteiger partial charge on any atom is -0.0683 e. The molecule has 4 aliphatic rings. The van der Waals surface area contributed by atoms with Crippen LogP contribution in [0, 0.1) is 0 Å². The van der Waals surface area contributed by atoms with E-state index in [4.69, 9.17) is 0 Å².